The number of hydrogen-bond acceptors (Lipinski definition) is 3. The molecule has 0 radical (unpaired) electrons. The van der Waals surface area contributed by atoms with Crippen molar-refractivity contribution >= 4 is 17.6 Å². The maximum Gasteiger partial charge on any atom is 0.338 e. The molecule has 2 aromatic rings. The van der Waals surface area contributed by atoms with E-state index in [-0.39, 0.29) is 24.0 Å². The molecule has 0 aliphatic carbocycles. The first-order valence-electron chi connectivity index (χ1n) is 8.70. The van der Waals surface area contributed by atoms with Crippen LogP contribution in [0.3, 0.4) is 0 Å². The minimum atomic E-state index is -0.349. The maximum atomic E-state index is 12.5. The SMILES string of the molecule is CCC(=O)N1c2ccc(C)cc2[C@@H](OC(=O)c2ccccc2)C[C@@H]1C. The summed E-state index contributed by atoms with van der Waals surface area (Å²) in [7, 11) is 0. The number of carbonyl (C=O) groups is 2. The molecule has 2 aromatic carbocycles. The molecule has 0 aromatic heterocycles. The van der Waals surface area contributed by atoms with Gasteiger partial charge >= 0.3 is 5.97 Å². The second-order valence-corrected chi connectivity index (χ2v) is 6.52. The summed E-state index contributed by atoms with van der Waals surface area (Å²) < 4.78 is 5.81. The van der Waals surface area contributed by atoms with Crippen molar-refractivity contribution in [2.24, 2.45) is 0 Å². The number of benzene rings is 2. The van der Waals surface area contributed by atoms with Crippen LogP contribution in [0.1, 0.15) is 54.3 Å². The smallest absolute Gasteiger partial charge is 0.338 e. The third-order valence-corrected chi connectivity index (χ3v) is 4.62. The van der Waals surface area contributed by atoms with E-state index in [4.69, 9.17) is 4.74 Å². The van der Waals surface area contributed by atoms with Gasteiger partial charge in [0.05, 0.1) is 11.3 Å². The minimum Gasteiger partial charge on any atom is -0.454 e. The van der Waals surface area contributed by atoms with E-state index < -0.39 is 0 Å². The number of hydrogen-bond donors (Lipinski definition) is 0. The van der Waals surface area contributed by atoms with Gasteiger partial charge in [0.1, 0.15) is 6.10 Å². The second-order valence-electron chi connectivity index (χ2n) is 6.52. The zero-order valence-electron chi connectivity index (χ0n) is 14.9. The number of amides is 1. The van der Waals surface area contributed by atoms with Gasteiger partial charge in [0, 0.05) is 24.4 Å². The zero-order chi connectivity index (χ0) is 18.0. The van der Waals surface area contributed by atoms with Crippen LogP contribution < -0.4 is 4.90 Å². The summed E-state index contributed by atoms with van der Waals surface area (Å²) >= 11 is 0. The molecule has 0 saturated carbocycles. The Morgan fingerprint density at radius 2 is 1.88 bits per heavy atom. The van der Waals surface area contributed by atoms with E-state index in [1.165, 1.54) is 0 Å². The lowest BCUT2D eigenvalue weighted by atomic mass is 9.92. The first-order chi connectivity index (χ1) is 12.0. The highest BCUT2D eigenvalue weighted by Crippen LogP contribution is 2.40. The van der Waals surface area contributed by atoms with Gasteiger partial charge in [-0.05, 0) is 32.0 Å². The molecular formula is C21H23NO3. The van der Waals surface area contributed by atoms with Crippen molar-refractivity contribution in [3.05, 3.63) is 65.2 Å². The van der Waals surface area contributed by atoms with Crippen LogP contribution in [0.2, 0.25) is 0 Å². The Kier molecular flexibility index (Phi) is 4.88. The van der Waals surface area contributed by atoms with Crippen molar-refractivity contribution in [2.75, 3.05) is 4.90 Å². The zero-order valence-corrected chi connectivity index (χ0v) is 14.9. The summed E-state index contributed by atoms with van der Waals surface area (Å²) in [6, 6.07) is 14.9. The molecule has 0 bridgehead atoms. The molecule has 4 heteroatoms. The average Bonchev–Trinajstić information content (AvgIpc) is 2.62. The Balaban J connectivity index is 1.94. The number of rotatable bonds is 3. The summed E-state index contributed by atoms with van der Waals surface area (Å²) in [5, 5.41) is 0. The number of aryl methyl sites for hydroxylation is 1. The summed E-state index contributed by atoms with van der Waals surface area (Å²) in [6.07, 6.45) is 0.700. The van der Waals surface area contributed by atoms with E-state index in [1.807, 2.05) is 62.1 Å². The summed E-state index contributed by atoms with van der Waals surface area (Å²) in [5.41, 5.74) is 3.38. The Labute approximate surface area is 148 Å². The summed E-state index contributed by atoms with van der Waals surface area (Å²) in [6.45, 7) is 5.87. The van der Waals surface area contributed by atoms with Crippen molar-refractivity contribution in [2.45, 2.75) is 45.8 Å². The van der Waals surface area contributed by atoms with Gasteiger partial charge < -0.3 is 9.64 Å². The fourth-order valence-corrected chi connectivity index (χ4v) is 3.36. The van der Waals surface area contributed by atoms with E-state index in [0.717, 1.165) is 16.8 Å². The molecule has 0 saturated heterocycles. The van der Waals surface area contributed by atoms with Crippen molar-refractivity contribution < 1.29 is 14.3 Å². The van der Waals surface area contributed by atoms with Crippen LogP contribution in [0.4, 0.5) is 5.69 Å². The molecule has 2 atom stereocenters. The topological polar surface area (TPSA) is 46.6 Å². The molecule has 0 N–H and O–H groups in total. The van der Waals surface area contributed by atoms with Crippen LogP contribution in [-0.2, 0) is 9.53 Å². The first kappa shape index (κ1) is 17.2. The molecule has 4 nitrogen and oxygen atoms in total. The quantitative estimate of drug-likeness (QED) is 0.779. The molecule has 0 fully saturated rings. The van der Waals surface area contributed by atoms with Crippen molar-refractivity contribution in [3.63, 3.8) is 0 Å². The normalized spacial score (nSPS) is 19.2. The second kappa shape index (κ2) is 7.09. The van der Waals surface area contributed by atoms with Gasteiger partial charge in [-0.1, -0.05) is 42.8 Å². The molecule has 25 heavy (non-hydrogen) atoms. The molecule has 130 valence electrons. The first-order valence-corrected chi connectivity index (χ1v) is 8.70. The highest BCUT2D eigenvalue weighted by atomic mass is 16.5. The molecule has 0 spiro atoms. The third kappa shape index (κ3) is 3.43. The largest absolute Gasteiger partial charge is 0.454 e. The average molecular weight is 337 g/mol. The van der Waals surface area contributed by atoms with Crippen LogP contribution in [-0.4, -0.2) is 17.9 Å². The van der Waals surface area contributed by atoms with Crippen LogP contribution in [0.15, 0.2) is 48.5 Å². The Morgan fingerprint density at radius 3 is 2.56 bits per heavy atom. The Hall–Kier alpha value is -2.62. The van der Waals surface area contributed by atoms with E-state index >= 15 is 0 Å². The fourth-order valence-electron chi connectivity index (χ4n) is 3.36. The molecule has 0 unspecified atom stereocenters. The van der Waals surface area contributed by atoms with E-state index in [2.05, 4.69) is 0 Å². The highest BCUT2D eigenvalue weighted by molar-refractivity contribution is 5.95. The van der Waals surface area contributed by atoms with E-state index in [9.17, 15) is 9.59 Å². The number of esters is 1. The van der Waals surface area contributed by atoms with Crippen molar-refractivity contribution in [1.82, 2.24) is 0 Å². The molecule has 1 heterocycles. The lowest BCUT2D eigenvalue weighted by molar-refractivity contribution is -0.119. The summed E-state index contributed by atoms with van der Waals surface area (Å²) in [4.78, 5) is 26.7. The van der Waals surface area contributed by atoms with Gasteiger partial charge in [0.2, 0.25) is 5.91 Å². The maximum absolute atomic E-state index is 12.5. The van der Waals surface area contributed by atoms with Gasteiger partial charge in [0.15, 0.2) is 0 Å². The van der Waals surface area contributed by atoms with Crippen molar-refractivity contribution in [1.29, 1.82) is 0 Å². The lowest BCUT2D eigenvalue weighted by Crippen LogP contribution is -2.43. The monoisotopic (exact) mass is 337 g/mol. The minimum absolute atomic E-state index is 0.0174. The predicted octanol–water partition coefficient (Wildman–Crippen LogP) is 4.43. The predicted molar refractivity (Wildman–Crippen MR) is 97.6 cm³/mol. The molecule has 3 rings (SSSR count). The van der Waals surface area contributed by atoms with Crippen LogP contribution in [0, 0.1) is 6.92 Å². The van der Waals surface area contributed by atoms with E-state index in [0.29, 0.717) is 18.4 Å². The summed E-state index contributed by atoms with van der Waals surface area (Å²) in [5.74, 6) is -0.244. The molecular weight excluding hydrogens is 314 g/mol. The molecule has 1 amide bonds. The number of fused-ring (bicyclic) bond motifs is 1. The van der Waals surface area contributed by atoms with Gasteiger partial charge in [0.25, 0.3) is 0 Å². The number of ether oxygens (including phenoxy) is 1. The van der Waals surface area contributed by atoms with E-state index in [1.54, 1.807) is 12.1 Å². The lowest BCUT2D eigenvalue weighted by Gasteiger charge is -2.39. The standard InChI is InChI=1S/C21H23NO3/c1-4-20(23)22-15(3)13-19(17-12-14(2)10-11-18(17)22)25-21(24)16-8-6-5-7-9-16/h5-12,15,19H,4,13H2,1-3H3/t15-,19-/m0/s1. The van der Waals surface area contributed by atoms with Crippen LogP contribution >= 0.6 is 0 Å². The fraction of sp³-hybridized carbons (Fsp3) is 0.333. The van der Waals surface area contributed by atoms with Crippen LogP contribution in [0.5, 0.6) is 0 Å². The number of nitrogens with zero attached hydrogens (tertiary/aromatic N) is 1. The third-order valence-electron chi connectivity index (χ3n) is 4.62. The number of carbonyl (C=O) groups excluding carboxylic acids is 2. The Morgan fingerprint density at radius 1 is 1.16 bits per heavy atom. The van der Waals surface area contributed by atoms with Gasteiger partial charge in [-0.25, -0.2) is 4.79 Å². The number of anilines is 1. The van der Waals surface area contributed by atoms with Gasteiger partial charge in [-0.3, -0.25) is 4.79 Å². The Bertz CT molecular complexity index is 785. The van der Waals surface area contributed by atoms with Gasteiger partial charge in [-0.2, -0.15) is 0 Å². The van der Waals surface area contributed by atoms with Gasteiger partial charge in [-0.15, -0.1) is 0 Å². The molecule has 1 aliphatic heterocycles. The van der Waals surface area contributed by atoms with Crippen molar-refractivity contribution in [3.8, 4) is 0 Å². The molecule has 1 aliphatic rings. The van der Waals surface area contributed by atoms with Crippen LogP contribution in [0.25, 0.3) is 0 Å². The highest BCUT2D eigenvalue weighted by Gasteiger charge is 2.35.